The molecule has 1 aromatic carbocycles. The molecule has 0 spiro atoms. The third kappa shape index (κ3) is 2.48. The van der Waals surface area contributed by atoms with Crippen LogP contribution in [0.2, 0.25) is 5.02 Å². The molecule has 1 aromatic heterocycles. The van der Waals surface area contributed by atoms with Crippen LogP contribution in [-0.2, 0) is 0 Å². The van der Waals surface area contributed by atoms with Crippen molar-refractivity contribution in [3.05, 3.63) is 34.3 Å². The molecule has 0 saturated carbocycles. The first-order chi connectivity index (χ1) is 8.11. The van der Waals surface area contributed by atoms with Crippen LogP contribution >= 0.6 is 22.9 Å². The quantitative estimate of drug-likeness (QED) is 0.797. The van der Waals surface area contributed by atoms with Gasteiger partial charge in [0.2, 0.25) is 0 Å². The molecule has 88 valence electrons. The predicted octanol–water partition coefficient (Wildman–Crippen LogP) is 3.67. The van der Waals surface area contributed by atoms with Gasteiger partial charge in [0.1, 0.15) is 16.5 Å². The maximum Gasteiger partial charge on any atom is 0.178 e. The Morgan fingerprint density at radius 3 is 2.76 bits per heavy atom. The van der Waals surface area contributed by atoms with E-state index in [1.54, 1.807) is 24.6 Å². The average Bonchev–Trinajstić information content (AvgIpc) is 2.78. The van der Waals surface area contributed by atoms with Crippen LogP contribution in [0.15, 0.2) is 23.6 Å². The minimum absolute atomic E-state index is 0.0351. The second-order valence-corrected chi connectivity index (χ2v) is 4.71. The lowest BCUT2D eigenvalue weighted by atomic mass is 10.2. The van der Waals surface area contributed by atoms with Gasteiger partial charge in [0.05, 0.1) is 12.1 Å². The smallest absolute Gasteiger partial charge is 0.178 e. The van der Waals surface area contributed by atoms with Crippen molar-refractivity contribution >= 4 is 28.7 Å². The number of hydrogen-bond acceptors (Lipinski definition) is 4. The van der Waals surface area contributed by atoms with Crippen molar-refractivity contribution in [1.82, 2.24) is 4.98 Å². The first-order valence-corrected chi connectivity index (χ1v) is 6.18. The van der Waals surface area contributed by atoms with E-state index in [1.807, 2.05) is 6.07 Å². The zero-order valence-corrected chi connectivity index (χ0v) is 10.9. The van der Waals surface area contributed by atoms with Gasteiger partial charge in [-0.3, -0.25) is 4.79 Å². The van der Waals surface area contributed by atoms with E-state index < -0.39 is 0 Å². The Morgan fingerprint density at radius 1 is 1.47 bits per heavy atom. The lowest BCUT2D eigenvalue weighted by Gasteiger charge is -2.03. The van der Waals surface area contributed by atoms with E-state index in [0.717, 1.165) is 10.6 Å². The molecule has 0 N–H and O–H groups in total. The van der Waals surface area contributed by atoms with Crippen LogP contribution in [0, 0.1) is 0 Å². The molecule has 0 atom stereocenters. The van der Waals surface area contributed by atoms with Gasteiger partial charge in [-0.15, -0.1) is 11.3 Å². The lowest BCUT2D eigenvalue weighted by molar-refractivity contribution is 0.101. The van der Waals surface area contributed by atoms with E-state index in [-0.39, 0.29) is 5.78 Å². The zero-order valence-electron chi connectivity index (χ0n) is 9.36. The minimum Gasteiger partial charge on any atom is -0.495 e. The summed E-state index contributed by atoms with van der Waals surface area (Å²) in [4.78, 5) is 15.4. The van der Waals surface area contributed by atoms with E-state index in [9.17, 15) is 4.79 Å². The standard InChI is InChI=1S/C12H10ClNO2S/c1-7(15)10-6-17-12(14-10)8-3-4-11(16-2)9(13)5-8/h3-6H,1-2H3. The number of halogens is 1. The first-order valence-electron chi connectivity index (χ1n) is 4.92. The van der Waals surface area contributed by atoms with Crippen molar-refractivity contribution in [2.75, 3.05) is 7.11 Å². The topological polar surface area (TPSA) is 39.2 Å². The zero-order chi connectivity index (χ0) is 12.4. The molecular formula is C12H10ClNO2S. The fourth-order valence-corrected chi connectivity index (χ4v) is 2.48. The van der Waals surface area contributed by atoms with Crippen LogP contribution in [0.25, 0.3) is 10.6 Å². The lowest BCUT2D eigenvalue weighted by Crippen LogP contribution is -1.91. The van der Waals surface area contributed by atoms with E-state index in [0.29, 0.717) is 16.5 Å². The van der Waals surface area contributed by atoms with Gasteiger partial charge in [-0.05, 0) is 18.2 Å². The highest BCUT2D eigenvalue weighted by atomic mass is 35.5. The van der Waals surface area contributed by atoms with Crippen molar-refractivity contribution in [3.8, 4) is 16.3 Å². The van der Waals surface area contributed by atoms with E-state index >= 15 is 0 Å². The number of ketones is 1. The summed E-state index contributed by atoms with van der Waals surface area (Å²) in [5.41, 5.74) is 1.37. The van der Waals surface area contributed by atoms with Crippen molar-refractivity contribution in [2.45, 2.75) is 6.92 Å². The maximum absolute atomic E-state index is 11.2. The Bertz CT molecular complexity index is 565. The Hall–Kier alpha value is -1.39. The molecule has 17 heavy (non-hydrogen) atoms. The summed E-state index contributed by atoms with van der Waals surface area (Å²) in [5.74, 6) is 0.589. The van der Waals surface area contributed by atoms with Gasteiger partial charge in [-0.1, -0.05) is 11.6 Å². The van der Waals surface area contributed by atoms with Crippen LogP contribution in [-0.4, -0.2) is 17.9 Å². The highest BCUT2D eigenvalue weighted by Crippen LogP contribution is 2.31. The number of methoxy groups -OCH3 is 1. The fraction of sp³-hybridized carbons (Fsp3) is 0.167. The summed E-state index contributed by atoms with van der Waals surface area (Å²) in [6.07, 6.45) is 0. The first kappa shape index (κ1) is 12.1. The van der Waals surface area contributed by atoms with E-state index in [4.69, 9.17) is 16.3 Å². The molecule has 0 bridgehead atoms. The molecule has 0 amide bonds. The van der Waals surface area contributed by atoms with Gasteiger partial charge in [-0.25, -0.2) is 4.98 Å². The van der Waals surface area contributed by atoms with Gasteiger partial charge in [-0.2, -0.15) is 0 Å². The van der Waals surface area contributed by atoms with Gasteiger partial charge < -0.3 is 4.74 Å². The van der Waals surface area contributed by atoms with Crippen LogP contribution in [0.4, 0.5) is 0 Å². The molecule has 0 aliphatic heterocycles. The molecule has 0 fully saturated rings. The van der Waals surface area contributed by atoms with Gasteiger partial charge in [0.25, 0.3) is 0 Å². The molecule has 5 heteroatoms. The molecule has 1 heterocycles. The summed E-state index contributed by atoms with van der Waals surface area (Å²) in [6.45, 7) is 1.50. The summed E-state index contributed by atoms with van der Waals surface area (Å²) >= 11 is 7.46. The molecule has 0 aliphatic carbocycles. The number of hydrogen-bond donors (Lipinski definition) is 0. The van der Waals surface area contributed by atoms with Gasteiger partial charge in [0.15, 0.2) is 5.78 Å². The summed E-state index contributed by atoms with van der Waals surface area (Å²) in [7, 11) is 1.57. The van der Waals surface area contributed by atoms with E-state index in [1.165, 1.54) is 18.3 Å². The Kier molecular flexibility index (Phi) is 3.45. The van der Waals surface area contributed by atoms with Crippen molar-refractivity contribution in [3.63, 3.8) is 0 Å². The second kappa shape index (κ2) is 4.85. The highest BCUT2D eigenvalue weighted by molar-refractivity contribution is 7.13. The molecule has 0 unspecified atom stereocenters. The van der Waals surface area contributed by atoms with E-state index in [2.05, 4.69) is 4.98 Å². The van der Waals surface area contributed by atoms with Crippen LogP contribution < -0.4 is 4.74 Å². The second-order valence-electron chi connectivity index (χ2n) is 3.44. The Labute approximate surface area is 108 Å². The Morgan fingerprint density at radius 2 is 2.24 bits per heavy atom. The number of thiazole rings is 1. The molecule has 2 rings (SSSR count). The fourth-order valence-electron chi connectivity index (χ4n) is 1.37. The third-order valence-corrected chi connectivity index (χ3v) is 3.45. The number of nitrogens with zero attached hydrogens (tertiary/aromatic N) is 1. The minimum atomic E-state index is -0.0351. The van der Waals surface area contributed by atoms with Gasteiger partial charge in [0, 0.05) is 17.9 Å². The average molecular weight is 268 g/mol. The number of Topliss-reactive ketones (excluding diaryl/α,β-unsaturated/α-hetero) is 1. The molecular weight excluding hydrogens is 258 g/mol. The number of carbonyl (C=O) groups is 1. The van der Waals surface area contributed by atoms with Crippen molar-refractivity contribution < 1.29 is 9.53 Å². The molecule has 0 aliphatic rings. The Balaban J connectivity index is 2.39. The van der Waals surface area contributed by atoms with Crippen molar-refractivity contribution in [1.29, 1.82) is 0 Å². The number of rotatable bonds is 3. The predicted molar refractivity (Wildman–Crippen MR) is 69.1 cm³/mol. The SMILES string of the molecule is COc1ccc(-c2nc(C(C)=O)cs2)cc1Cl. The number of carbonyl (C=O) groups excluding carboxylic acids is 1. The molecule has 2 aromatic rings. The largest absolute Gasteiger partial charge is 0.495 e. The molecule has 0 saturated heterocycles. The summed E-state index contributed by atoms with van der Waals surface area (Å²) in [6, 6.07) is 5.43. The van der Waals surface area contributed by atoms with Crippen LogP contribution in [0.1, 0.15) is 17.4 Å². The number of ether oxygens (including phenoxy) is 1. The molecule has 0 radical (unpaired) electrons. The normalized spacial score (nSPS) is 10.3. The summed E-state index contributed by atoms with van der Waals surface area (Å²) in [5, 5.41) is 3.06. The van der Waals surface area contributed by atoms with Crippen LogP contribution in [0.5, 0.6) is 5.75 Å². The monoisotopic (exact) mass is 267 g/mol. The number of aromatic nitrogens is 1. The van der Waals surface area contributed by atoms with Crippen molar-refractivity contribution in [2.24, 2.45) is 0 Å². The highest BCUT2D eigenvalue weighted by Gasteiger charge is 2.09. The number of benzene rings is 1. The van der Waals surface area contributed by atoms with Gasteiger partial charge >= 0.3 is 0 Å². The van der Waals surface area contributed by atoms with Crippen LogP contribution in [0.3, 0.4) is 0 Å². The molecule has 3 nitrogen and oxygen atoms in total. The maximum atomic E-state index is 11.2. The summed E-state index contributed by atoms with van der Waals surface area (Å²) < 4.78 is 5.08. The third-order valence-electron chi connectivity index (χ3n) is 2.26.